The topological polar surface area (TPSA) is 25.2 Å². The Bertz CT molecular complexity index is 925. The first-order valence-electron chi connectivity index (χ1n) is 10.9. The summed E-state index contributed by atoms with van der Waals surface area (Å²) in [5.74, 6) is 0.0440. The summed E-state index contributed by atoms with van der Waals surface area (Å²) in [5.41, 5.74) is 4.39. The third-order valence-corrected chi connectivity index (χ3v) is 5.38. The molecule has 1 amide bonds. The minimum atomic E-state index is 0.0440. The maximum absolute atomic E-state index is 13.2. The summed E-state index contributed by atoms with van der Waals surface area (Å²) in [6.45, 7) is 7.94. The van der Waals surface area contributed by atoms with Crippen LogP contribution in [0.2, 0.25) is 0 Å². The molecule has 0 radical (unpaired) electrons. The lowest BCUT2D eigenvalue weighted by molar-refractivity contribution is 0.0759. The normalized spacial score (nSPS) is 10.7. The van der Waals surface area contributed by atoms with Crippen LogP contribution in [-0.2, 0) is 19.5 Å². The molecule has 0 saturated heterocycles. The van der Waals surface area contributed by atoms with Gasteiger partial charge in [-0.15, -0.1) is 6.58 Å². The van der Waals surface area contributed by atoms with Crippen LogP contribution >= 0.6 is 0 Å². The first kappa shape index (κ1) is 21.6. The fraction of sp³-hybridized carbons (Fsp3) is 0.296. The monoisotopic (exact) mass is 400 g/mol. The molecule has 0 unspecified atom stereocenters. The first-order valence-corrected chi connectivity index (χ1v) is 10.9. The van der Waals surface area contributed by atoms with Crippen molar-refractivity contribution in [2.45, 2.75) is 45.7 Å². The number of aromatic nitrogens is 1. The Labute approximate surface area is 180 Å². The molecule has 3 rings (SSSR count). The van der Waals surface area contributed by atoms with Crippen LogP contribution in [0.25, 0.3) is 0 Å². The lowest BCUT2D eigenvalue weighted by atomic mass is 10.0. The van der Waals surface area contributed by atoms with Crippen molar-refractivity contribution in [2.75, 3.05) is 6.54 Å². The molecule has 0 spiro atoms. The lowest BCUT2D eigenvalue weighted by Crippen LogP contribution is -2.31. The van der Waals surface area contributed by atoms with Crippen LogP contribution in [0.5, 0.6) is 0 Å². The van der Waals surface area contributed by atoms with E-state index < -0.39 is 0 Å². The molecule has 1 aromatic heterocycles. The molecule has 2 aromatic carbocycles. The number of amides is 1. The van der Waals surface area contributed by atoms with Gasteiger partial charge in [0.15, 0.2) is 0 Å². The SMILES string of the molecule is C=CCN(Cc1cccn1Cc1ccccc1)C(=O)c1ccc(CCCCC)cc1. The zero-order valence-electron chi connectivity index (χ0n) is 18.0. The molecule has 1 heterocycles. The van der Waals surface area contributed by atoms with E-state index in [1.807, 2.05) is 29.2 Å². The van der Waals surface area contributed by atoms with Gasteiger partial charge in [-0.3, -0.25) is 4.79 Å². The summed E-state index contributed by atoms with van der Waals surface area (Å²) in [7, 11) is 0. The summed E-state index contributed by atoms with van der Waals surface area (Å²) < 4.78 is 2.20. The van der Waals surface area contributed by atoms with E-state index in [0.717, 1.165) is 24.2 Å². The summed E-state index contributed by atoms with van der Waals surface area (Å²) in [4.78, 5) is 15.0. The molecule has 0 N–H and O–H groups in total. The van der Waals surface area contributed by atoms with Crippen molar-refractivity contribution >= 4 is 5.91 Å². The molecule has 0 fully saturated rings. The van der Waals surface area contributed by atoms with E-state index in [4.69, 9.17) is 0 Å². The minimum Gasteiger partial charge on any atom is -0.345 e. The van der Waals surface area contributed by atoms with E-state index >= 15 is 0 Å². The van der Waals surface area contributed by atoms with Crippen molar-refractivity contribution in [3.63, 3.8) is 0 Å². The van der Waals surface area contributed by atoms with E-state index in [9.17, 15) is 4.79 Å². The number of benzene rings is 2. The smallest absolute Gasteiger partial charge is 0.254 e. The molecule has 156 valence electrons. The highest BCUT2D eigenvalue weighted by Crippen LogP contribution is 2.15. The Morgan fingerprint density at radius 2 is 1.73 bits per heavy atom. The average Bonchev–Trinajstić information content (AvgIpc) is 3.21. The number of carbonyl (C=O) groups excluding carboxylic acids is 1. The molecular formula is C27H32N2O. The minimum absolute atomic E-state index is 0.0440. The van der Waals surface area contributed by atoms with Crippen molar-refractivity contribution in [3.8, 4) is 0 Å². The molecule has 0 atom stereocenters. The second-order valence-corrected chi connectivity index (χ2v) is 7.74. The van der Waals surface area contributed by atoms with Crippen molar-refractivity contribution in [1.29, 1.82) is 0 Å². The Morgan fingerprint density at radius 1 is 0.967 bits per heavy atom. The molecular weight excluding hydrogens is 368 g/mol. The van der Waals surface area contributed by atoms with Crippen LogP contribution in [-0.4, -0.2) is 21.9 Å². The third kappa shape index (κ3) is 5.96. The van der Waals surface area contributed by atoms with E-state index in [2.05, 4.69) is 66.7 Å². The van der Waals surface area contributed by atoms with Gasteiger partial charge in [0.1, 0.15) is 0 Å². The van der Waals surface area contributed by atoms with Gasteiger partial charge in [0.25, 0.3) is 5.91 Å². The van der Waals surface area contributed by atoms with Crippen molar-refractivity contribution in [1.82, 2.24) is 9.47 Å². The van der Waals surface area contributed by atoms with Crippen molar-refractivity contribution < 1.29 is 4.79 Å². The number of unbranched alkanes of at least 4 members (excludes halogenated alkanes) is 2. The molecule has 30 heavy (non-hydrogen) atoms. The number of aryl methyl sites for hydroxylation is 1. The van der Waals surface area contributed by atoms with Gasteiger partial charge in [-0.2, -0.15) is 0 Å². The standard InChI is InChI=1S/C27H32N2O/c1-3-5-7-11-23-15-17-25(18-16-23)27(30)29(19-4-2)22-26-14-10-20-28(26)21-24-12-8-6-9-13-24/h4,6,8-10,12-18,20H,2-3,5,7,11,19,21-22H2,1H3. The maximum Gasteiger partial charge on any atom is 0.254 e. The van der Waals surface area contributed by atoms with Crippen molar-refractivity contribution in [3.05, 3.63) is 108 Å². The Kier molecular flexibility index (Phi) is 8.08. The highest BCUT2D eigenvalue weighted by molar-refractivity contribution is 5.94. The van der Waals surface area contributed by atoms with Crippen LogP contribution in [0.4, 0.5) is 0 Å². The number of carbonyl (C=O) groups is 1. The Morgan fingerprint density at radius 3 is 2.43 bits per heavy atom. The van der Waals surface area contributed by atoms with E-state index in [1.54, 1.807) is 6.08 Å². The molecule has 0 aliphatic rings. The van der Waals surface area contributed by atoms with Crippen LogP contribution < -0.4 is 0 Å². The third-order valence-electron chi connectivity index (χ3n) is 5.38. The molecule has 0 aliphatic carbocycles. The van der Waals surface area contributed by atoms with E-state index in [-0.39, 0.29) is 5.91 Å². The predicted molar refractivity (Wildman–Crippen MR) is 125 cm³/mol. The van der Waals surface area contributed by atoms with Crippen molar-refractivity contribution in [2.24, 2.45) is 0 Å². The first-order chi connectivity index (χ1) is 14.7. The molecule has 3 aromatic rings. The fourth-order valence-corrected chi connectivity index (χ4v) is 3.67. The van der Waals surface area contributed by atoms with Gasteiger partial charge in [0, 0.05) is 30.5 Å². The van der Waals surface area contributed by atoms with Crippen LogP contribution in [0.3, 0.4) is 0 Å². The Balaban J connectivity index is 1.69. The number of hydrogen-bond acceptors (Lipinski definition) is 1. The maximum atomic E-state index is 13.2. The average molecular weight is 401 g/mol. The summed E-state index contributed by atoms with van der Waals surface area (Å²) in [6, 6.07) is 22.6. The number of hydrogen-bond donors (Lipinski definition) is 0. The predicted octanol–water partition coefficient (Wildman–Crippen LogP) is 6.10. The fourth-order valence-electron chi connectivity index (χ4n) is 3.67. The Hall–Kier alpha value is -3.07. The molecule has 0 saturated carbocycles. The lowest BCUT2D eigenvalue weighted by Gasteiger charge is -2.22. The van der Waals surface area contributed by atoms with E-state index in [1.165, 1.54) is 30.4 Å². The van der Waals surface area contributed by atoms with Gasteiger partial charge in [-0.05, 0) is 48.2 Å². The van der Waals surface area contributed by atoms with Gasteiger partial charge in [0.05, 0.1) is 6.54 Å². The van der Waals surface area contributed by atoms with Gasteiger partial charge in [-0.1, -0.05) is 68.3 Å². The van der Waals surface area contributed by atoms with Gasteiger partial charge >= 0.3 is 0 Å². The van der Waals surface area contributed by atoms with Gasteiger partial charge < -0.3 is 9.47 Å². The molecule has 3 nitrogen and oxygen atoms in total. The molecule has 0 aliphatic heterocycles. The van der Waals surface area contributed by atoms with Gasteiger partial charge in [0.2, 0.25) is 0 Å². The second kappa shape index (κ2) is 11.2. The zero-order valence-corrected chi connectivity index (χ0v) is 18.0. The van der Waals surface area contributed by atoms with E-state index in [0.29, 0.717) is 13.1 Å². The highest BCUT2D eigenvalue weighted by atomic mass is 16.2. The quantitative estimate of drug-likeness (QED) is 0.282. The summed E-state index contributed by atoms with van der Waals surface area (Å²) >= 11 is 0. The van der Waals surface area contributed by atoms with Gasteiger partial charge in [-0.25, -0.2) is 0 Å². The highest BCUT2D eigenvalue weighted by Gasteiger charge is 2.16. The number of nitrogens with zero attached hydrogens (tertiary/aromatic N) is 2. The zero-order chi connectivity index (χ0) is 21.2. The number of rotatable bonds is 11. The largest absolute Gasteiger partial charge is 0.345 e. The summed E-state index contributed by atoms with van der Waals surface area (Å²) in [6.07, 6.45) is 8.61. The second-order valence-electron chi connectivity index (χ2n) is 7.74. The molecule has 3 heteroatoms. The molecule has 0 bridgehead atoms. The van der Waals surface area contributed by atoms with Crippen LogP contribution in [0.15, 0.2) is 85.6 Å². The van der Waals surface area contributed by atoms with Crippen LogP contribution in [0.1, 0.15) is 53.4 Å². The summed E-state index contributed by atoms with van der Waals surface area (Å²) in [5, 5.41) is 0. The van der Waals surface area contributed by atoms with Crippen LogP contribution in [0, 0.1) is 0 Å².